The molecule has 4 heterocycles. The number of rotatable bonds is 6. The van der Waals surface area contributed by atoms with E-state index in [4.69, 9.17) is 4.74 Å². The number of nitrogens with zero attached hydrogens (tertiary/aromatic N) is 6. The second kappa shape index (κ2) is 10.4. The smallest absolute Gasteiger partial charge is 0.258 e. The molecule has 1 fully saturated rings. The zero-order chi connectivity index (χ0) is 26.9. The van der Waals surface area contributed by atoms with Crippen LogP contribution in [0.2, 0.25) is 0 Å². The van der Waals surface area contributed by atoms with Gasteiger partial charge in [0.05, 0.1) is 42.1 Å². The fraction of sp³-hybridized carbons (Fsp3) is 0.423. The van der Waals surface area contributed by atoms with E-state index in [9.17, 15) is 18.7 Å². The number of hydrogen-bond donors (Lipinski definition) is 1. The maximum absolute atomic E-state index is 14.2. The van der Waals surface area contributed by atoms with Gasteiger partial charge >= 0.3 is 0 Å². The lowest BCUT2D eigenvalue weighted by atomic mass is 10.0. The molecule has 1 N–H and O–H groups in total. The molecule has 3 aromatic rings. The Bertz CT molecular complexity index is 1300. The molecular formula is C26H30F2N6O3. The Kier molecular flexibility index (Phi) is 7.47. The zero-order valence-corrected chi connectivity index (χ0v) is 21.4. The summed E-state index contributed by atoms with van der Waals surface area (Å²) in [6, 6.07) is 3.80. The highest BCUT2D eigenvalue weighted by atomic mass is 19.1. The number of amides is 1. The minimum atomic E-state index is -1.24. The number of aromatic nitrogens is 4. The first-order chi connectivity index (χ1) is 17.5. The Hall–Kier alpha value is -3.57. The number of hydrogen-bond acceptors (Lipinski definition) is 8. The molecule has 37 heavy (non-hydrogen) atoms. The summed E-state index contributed by atoms with van der Waals surface area (Å²) in [5.74, 6) is -1.08. The van der Waals surface area contributed by atoms with Crippen LogP contribution in [0.25, 0.3) is 11.4 Å². The summed E-state index contributed by atoms with van der Waals surface area (Å²) < 4.78 is 32.9. The first-order valence-electron chi connectivity index (χ1n) is 11.9. The van der Waals surface area contributed by atoms with Gasteiger partial charge < -0.3 is 14.7 Å². The van der Waals surface area contributed by atoms with E-state index in [1.54, 1.807) is 30.9 Å². The maximum Gasteiger partial charge on any atom is 0.258 e. The minimum Gasteiger partial charge on any atom is -0.494 e. The Morgan fingerprint density at radius 1 is 1.11 bits per heavy atom. The topological polar surface area (TPSA) is 105 Å². The molecule has 2 atom stereocenters. The van der Waals surface area contributed by atoms with Gasteiger partial charge in [0.15, 0.2) is 5.82 Å². The fourth-order valence-electron chi connectivity index (χ4n) is 4.32. The predicted molar refractivity (Wildman–Crippen MR) is 132 cm³/mol. The van der Waals surface area contributed by atoms with Crippen molar-refractivity contribution >= 4 is 5.91 Å². The predicted octanol–water partition coefficient (Wildman–Crippen LogP) is 3.18. The molecular weight excluding hydrogens is 482 g/mol. The number of aliphatic hydroxyl groups is 1. The van der Waals surface area contributed by atoms with Crippen molar-refractivity contribution in [2.75, 3.05) is 20.2 Å². The van der Waals surface area contributed by atoms with Crippen molar-refractivity contribution < 1.29 is 23.4 Å². The number of carbonyl (C=O) groups excluding carboxylic acids is 1. The fourth-order valence-corrected chi connectivity index (χ4v) is 4.32. The number of ether oxygens (including phenoxy) is 1. The number of carbonyl (C=O) groups is 1. The van der Waals surface area contributed by atoms with Crippen LogP contribution < -0.4 is 4.74 Å². The molecule has 1 amide bonds. The lowest BCUT2D eigenvalue weighted by Crippen LogP contribution is -2.57. The molecule has 0 unspecified atom stereocenters. The van der Waals surface area contributed by atoms with E-state index in [2.05, 4.69) is 19.9 Å². The summed E-state index contributed by atoms with van der Waals surface area (Å²) in [5, 5.41) is 10.3. The average molecular weight is 513 g/mol. The van der Waals surface area contributed by atoms with Crippen LogP contribution in [0.4, 0.5) is 8.78 Å². The van der Waals surface area contributed by atoms with Crippen molar-refractivity contribution in [3.8, 4) is 17.1 Å². The maximum atomic E-state index is 14.2. The molecule has 0 bridgehead atoms. The molecule has 0 saturated carbocycles. The standard InChI is InChI=1S/C26H30F2N6O3/c1-15-13-34(16(2)12-33(15)14-22-19(28)8-17(27)10-30-22)24(35)18-9-21(31-11-23(18)37-5)20-6-7-29-25(32-20)26(3,4)36/h6-11,15-16,36H,12-14H2,1-5H3/t15-,16+/m0/s1. The van der Waals surface area contributed by atoms with Crippen LogP contribution >= 0.6 is 0 Å². The van der Waals surface area contributed by atoms with E-state index in [0.29, 0.717) is 35.8 Å². The van der Waals surface area contributed by atoms with Gasteiger partial charge in [-0.1, -0.05) is 0 Å². The molecule has 0 aliphatic carbocycles. The van der Waals surface area contributed by atoms with E-state index in [1.807, 2.05) is 18.7 Å². The number of halogens is 2. The first kappa shape index (κ1) is 26.5. The quantitative estimate of drug-likeness (QED) is 0.537. The lowest BCUT2D eigenvalue weighted by molar-refractivity contribution is 0.0280. The summed E-state index contributed by atoms with van der Waals surface area (Å²) in [5.41, 5.74) is 0.155. The summed E-state index contributed by atoms with van der Waals surface area (Å²) in [7, 11) is 1.47. The summed E-state index contributed by atoms with van der Waals surface area (Å²) in [6.07, 6.45) is 4.01. The van der Waals surface area contributed by atoms with Crippen LogP contribution in [0.3, 0.4) is 0 Å². The molecule has 3 aromatic heterocycles. The van der Waals surface area contributed by atoms with Gasteiger partial charge in [-0.15, -0.1) is 0 Å². The molecule has 0 radical (unpaired) electrons. The SMILES string of the molecule is COc1cnc(-c2ccnc(C(C)(C)O)n2)cc1C(=O)N1C[C@H](C)N(Cc2ncc(F)cc2F)C[C@H]1C. The summed E-state index contributed by atoms with van der Waals surface area (Å²) in [4.78, 5) is 34.3. The molecule has 11 heteroatoms. The monoisotopic (exact) mass is 512 g/mol. The third kappa shape index (κ3) is 5.72. The third-order valence-corrected chi connectivity index (χ3v) is 6.40. The van der Waals surface area contributed by atoms with Crippen LogP contribution in [0.1, 0.15) is 49.6 Å². The van der Waals surface area contributed by atoms with Gasteiger partial charge in [0.25, 0.3) is 5.91 Å². The normalized spacial score (nSPS) is 18.6. The highest BCUT2D eigenvalue weighted by molar-refractivity contribution is 5.98. The molecule has 4 rings (SSSR count). The van der Waals surface area contributed by atoms with Crippen molar-refractivity contribution in [1.29, 1.82) is 0 Å². The number of methoxy groups -OCH3 is 1. The van der Waals surface area contributed by atoms with Crippen LogP contribution in [0, 0.1) is 11.6 Å². The third-order valence-electron chi connectivity index (χ3n) is 6.40. The summed E-state index contributed by atoms with van der Waals surface area (Å²) in [6.45, 7) is 8.12. The first-order valence-corrected chi connectivity index (χ1v) is 11.9. The number of piperazine rings is 1. The Morgan fingerprint density at radius 2 is 1.86 bits per heavy atom. The average Bonchev–Trinajstić information content (AvgIpc) is 2.86. The molecule has 1 aliphatic rings. The van der Waals surface area contributed by atoms with Crippen molar-refractivity contribution in [3.05, 3.63) is 65.5 Å². The van der Waals surface area contributed by atoms with Crippen LogP contribution in [0.15, 0.2) is 36.8 Å². The minimum absolute atomic E-state index is 0.102. The van der Waals surface area contributed by atoms with Crippen LogP contribution in [-0.4, -0.2) is 73.0 Å². The van der Waals surface area contributed by atoms with Crippen molar-refractivity contribution in [2.24, 2.45) is 0 Å². The zero-order valence-electron chi connectivity index (χ0n) is 21.4. The summed E-state index contributed by atoms with van der Waals surface area (Å²) >= 11 is 0. The van der Waals surface area contributed by atoms with Gasteiger partial charge in [0.1, 0.15) is 23.0 Å². The van der Waals surface area contributed by atoms with Gasteiger partial charge in [-0.25, -0.2) is 18.7 Å². The van der Waals surface area contributed by atoms with Crippen molar-refractivity contribution in [3.63, 3.8) is 0 Å². The molecule has 9 nitrogen and oxygen atoms in total. The molecule has 1 aliphatic heterocycles. The van der Waals surface area contributed by atoms with E-state index in [-0.39, 0.29) is 36.1 Å². The van der Waals surface area contributed by atoms with Gasteiger partial charge in [-0.05, 0) is 39.8 Å². The second-order valence-electron chi connectivity index (χ2n) is 9.76. The van der Waals surface area contributed by atoms with Crippen LogP contribution in [0.5, 0.6) is 5.75 Å². The molecule has 0 aromatic carbocycles. The highest BCUT2D eigenvalue weighted by Crippen LogP contribution is 2.28. The van der Waals surface area contributed by atoms with Crippen LogP contribution in [-0.2, 0) is 12.1 Å². The van der Waals surface area contributed by atoms with E-state index in [0.717, 1.165) is 12.3 Å². The Morgan fingerprint density at radius 3 is 2.54 bits per heavy atom. The van der Waals surface area contributed by atoms with Crippen molar-refractivity contribution in [2.45, 2.75) is 51.9 Å². The number of pyridine rings is 2. The largest absolute Gasteiger partial charge is 0.494 e. The van der Waals surface area contributed by atoms with E-state index in [1.165, 1.54) is 19.5 Å². The van der Waals surface area contributed by atoms with Gasteiger partial charge in [0.2, 0.25) is 0 Å². The molecule has 0 spiro atoms. The van der Waals surface area contributed by atoms with Gasteiger partial charge in [-0.2, -0.15) is 0 Å². The second-order valence-corrected chi connectivity index (χ2v) is 9.76. The van der Waals surface area contributed by atoms with Gasteiger partial charge in [-0.3, -0.25) is 19.7 Å². The van der Waals surface area contributed by atoms with E-state index < -0.39 is 17.2 Å². The lowest BCUT2D eigenvalue weighted by Gasteiger charge is -2.44. The highest BCUT2D eigenvalue weighted by Gasteiger charge is 2.34. The Labute approximate surface area is 214 Å². The van der Waals surface area contributed by atoms with Crippen molar-refractivity contribution in [1.82, 2.24) is 29.7 Å². The van der Waals surface area contributed by atoms with E-state index >= 15 is 0 Å². The molecule has 196 valence electrons. The van der Waals surface area contributed by atoms with Gasteiger partial charge in [0, 0.05) is 44.0 Å². The Balaban J connectivity index is 1.57. The molecule has 1 saturated heterocycles.